The summed E-state index contributed by atoms with van der Waals surface area (Å²) in [6.07, 6.45) is 7.55. The van der Waals surface area contributed by atoms with E-state index in [1.807, 2.05) is 20.8 Å². The Labute approximate surface area is 152 Å². The molecule has 2 unspecified atom stereocenters. The van der Waals surface area contributed by atoms with E-state index < -0.39 is 11.7 Å². The first-order valence-electron chi connectivity index (χ1n) is 9.91. The molecule has 1 aliphatic carbocycles. The Morgan fingerprint density at radius 2 is 1.80 bits per heavy atom. The predicted octanol–water partition coefficient (Wildman–Crippen LogP) is 4.08. The Balaban J connectivity index is 1.65. The third-order valence-corrected chi connectivity index (χ3v) is 4.87. The van der Waals surface area contributed by atoms with Gasteiger partial charge in [0.25, 0.3) is 0 Å². The standard InChI is InChI=1S/C20H36O5/c1-15(19(21)25-20(2,3)4)23-13-16-8-7-9-17(12-16)14-24-18-10-5-6-11-22-18/h15-18H,5-14H2,1-4H3/t15?,16-,17+,18?/m1/s1. The normalized spacial score (nSPS) is 29.2. The fourth-order valence-corrected chi connectivity index (χ4v) is 3.52. The molecule has 5 nitrogen and oxygen atoms in total. The SMILES string of the molecule is CC(OC[C@@H]1CCC[C@H](COC2CCCCO2)C1)C(=O)OC(C)(C)C. The first-order valence-corrected chi connectivity index (χ1v) is 9.91. The summed E-state index contributed by atoms with van der Waals surface area (Å²) in [5.41, 5.74) is -0.469. The van der Waals surface area contributed by atoms with Crippen molar-refractivity contribution in [3.05, 3.63) is 0 Å². The van der Waals surface area contributed by atoms with Crippen molar-refractivity contribution in [2.45, 2.75) is 90.6 Å². The van der Waals surface area contributed by atoms with Gasteiger partial charge >= 0.3 is 5.97 Å². The third-order valence-electron chi connectivity index (χ3n) is 4.87. The van der Waals surface area contributed by atoms with Gasteiger partial charge in [0.05, 0.1) is 13.2 Å². The van der Waals surface area contributed by atoms with Crippen LogP contribution in [0.5, 0.6) is 0 Å². The van der Waals surface area contributed by atoms with Gasteiger partial charge < -0.3 is 18.9 Å². The fourth-order valence-electron chi connectivity index (χ4n) is 3.52. The van der Waals surface area contributed by atoms with Crippen molar-refractivity contribution in [2.24, 2.45) is 11.8 Å². The Hall–Kier alpha value is -0.650. The second-order valence-corrected chi connectivity index (χ2v) is 8.54. The van der Waals surface area contributed by atoms with Crippen LogP contribution < -0.4 is 0 Å². The quantitative estimate of drug-likeness (QED) is 0.643. The molecule has 146 valence electrons. The van der Waals surface area contributed by atoms with Crippen molar-refractivity contribution in [1.29, 1.82) is 0 Å². The highest BCUT2D eigenvalue weighted by Crippen LogP contribution is 2.30. The van der Waals surface area contributed by atoms with Crippen LogP contribution in [0.15, 0.2) is 0 Å². The number of ether oxygens (including phenoxy) is 4. The smallest absolute Gasteiger partial charge is 0.335 e. The van der Waals surface area contributed by atoms with Crippen molar-refractivity contribution in [3.63, 3.8) is 0 Å². The Morgan fingerprint density at radius 1 is 1.08 bits per heavy atom. The summed E-state index contributed by atoms with van der Waals surface area (Å²) in [4.78, 5) is 12.0. The molecule has 0 radical (unpaired) electrons. The van der Waals surface area contributed by atoms with Crippen molar-refractivity contribution >= 4 is 5.97 Å². The molecule has 25 heavy (non-hydrogen) atoms. The zero-order valence-corrected chi connectivity index (χ0v) is 16.4. The minimum absolute atomic E-state index is 0.00225. The maximum Gasteiger partial charge on any atom is 0.335 e. The van der Waals surface area contributed by atoms with Crippen molar-refractivity contribution < 1.29 is 23.7 Å². The highest BCUT2D eigenvalue weighted by atomic mass is 16.7. The minimum atomic E-state index is -0.508. The van der Waals surface area contributed by atoms with E-state index in [1.165, 1.54) is 19.3 Å². The fraction of sp³-hybridized carbons (Fsp3) is 0.950. The lowest BCUT2D eigenvalue weighted by Crippen LogP contribution is -2.33. The molecular weight excluding hydrogens is 320 g/mol. The third kappa shape index (κ3) is 8.06. The van der Waals surface area contributed by atoms with Gasteiger partial charge in [-0.25, -0.2) is 4.79 Å². The molecule has 1 saturated carbocycles. The average molecular weight is 357 g/mol. The summed E-state index contributed by atoms with van der Waals surface area (Å²) in [6, 6.07) is 0. The average Bonchev–Trinajstić information content (AvgIpc) is 2.57. The number of esters is 1. The summed E-state index contributed by atoms with van der Waals surface area (Å²) in [5.74, 6) is 0.793. The first-order chi connectivity index (χ1) is 11.8. The molecule has 0 amide bonds. The molecule has 2 fully saturated rings. The van der Waals surface area contributed by atoms with Crippen LogP contribution in [0.3, 0.4) is 0 Å². The molecule has 2 rings (SSSR count). The highest BCUT2D eigenvalue weighted by Gasteiger charge is 2.27. The molecular formula is C20H36O5. The molecule has 4 atom stereocenters. The Morgan fingerprint density at radius 3 is 2.44 bits per heavy atom. The van der Waals surface area contributed by atoms with Crippen molar-refractivity contribution in [1.82, 2.24) is 0 Å². The van der Waals surface area contributed by atoms with Crippen LogP contribution in [0.2, 0.25) is 0 Å². The van der Waals surface area contributed by atoms with E-state index in [0.717, 1.165) is 38.9 Å². The summed E-state index contributed by atoms with van der Waals surface area (Å²) in [5, 5.41) is 0. The molecule has 1 aliphatic heterocycles. The molecule has 0 spiro atoms. The lowest BCUT2D eigenvalue weighted by Gasteiger charge is -2.31. The topological polar surface area (TPSA) is 54.0 Å². The van der Waals surface area contributed by atoms with E-state index in [0.29, 0.717) is 18.4 Å². The number of carbonyl (C=O) groups is 1. The van der Waals surface area contributed by atoms with Crippen LogP contribution in [0.25, 0.3) is 0 Å². The molecule has 2 aliphatic rings. The van der Waals surface area contributed by atoms with Crippen LogP contribution >= 0.6 is 0 Å². The molecule has 0 N–H and O–H groups in total. The summed E-state index contributed by atoms with van der Waals surface area (Å²) < 4.78 is 22.8. The number of rotatable bonds is 7. The molecule has 0 aromatic rings. The zero-order chi connectivity index (χ0) is 18.3. The monoisotopic (exact) mass is 356 g/mol. The van der Waals surface area contributed by atoms with Crippen molar-refractivity contribution in [3.8, 4) is 0 Å². The number of carbonyl (C=O) groups excluding carboxylic acids is 1. The van der Waals surface area contributed by atoms with Crippen molar-refractivity contribution in [2.75, 3.05) is 19.8 Å². The summed E-state index contributed by atoms with van der Waals surface area (Å²) in [6.45, 7) is 9.63. The predicted molar refractivity (Wildman–Crippen MR) is 96.3 cm³/mol. The van der Waals surface area contributed by atoms with Gasteiger partial charge in [0.15, 0.2) is 12.4 Å². The van der Waals surface area contributed by atoms with E-state index in [-0.39, 0.29) is 12.3 Å². The second kappa shape index (κ2) is 9.89. The summed E-state index contributed by atoms with van der Waals surface area (Å²) >= 11 is 0. The Bertz CT molecular complexity index is 397. The van der Waals surface area contributed by atoms with Crippen LogP contribution in [0, 0.1) is 11.8 Å². The van der Waals surface area contributed by atoms with Crippen LogP contribution in [-0.4, -0.2) is 43.8 Å². The summed E-state index contributed by atoms with van der Waals surface area (Å²) in [7, 11) is 0. The highest BCUT2D eigenvalue weighted by molar-refractivity contribution is 5.74. The van der Waals surface area contributed by atoms with E-state index in [2.05, 4.69) is 0 Å². The molecule has 5 heteroatoms. The lowest BCUT2D eigenvalue weighted by molar-refractivity contribution is -0.173. The van der Waals surface area contributed by atoms with Gasteiger partial charge in [0.1, 0.15) is 5.60 Å². The number of hydrogen-bond donors (Lipinski definition) is 0. The van der Waals surface area contributed by atoms with Crippen LogP contribution in [0.4, 0.5) is 0 Å². The largest absolute Gasteiger partial charge is 0.458 e. The zero-order valence-electron chi connectivity index (χ0n) is 16.4. The van der Waals surface area contributed by atoms with Gasteiger partial charge in [0.2, 0.25) is 0 Å². The van der Waals surface area contributed by atoms with Gasteiger partial charge in [0, 0.05) is 6.61 Å². The lowest BCUT2D eigenvalue weighted by atomic mass is 9.82. The molecule has 0 aromatic carbocycles. The minimum Gasteiger partial charge on any atom is -0.458 e. The first kappa shape index (κ1) is 20.7. The van der Waals surface area contributed by atoms with E-state index in [4.69, 9.17) is 18.9 Å². The van der Waals surface area contributed by atoms with Gasteiger partial charge in [-0.3, -0.25) is 0 Å². The van der Waals surface area contributed by atoms with E-state index in [9.17, 15) is 4.79 Å². The van der Waals surface area contributed by atoms with Gasteiger partial charge in [-0.2, -0.15) is 0 Å². The second-order valence-electron chi connectivity index (χ2n) is 8.54. The van der Waals surface area contributed by atoms with E-state index >= 15 is 0 Å². The van der Waals surface area contributed by atoms with Gasteiger partial charge in [-0.15, -0.1) is 0 Å². The molecule has 0 bridgehead atoms. The Kier molecular flexibility index (Phi) is 8.17. The molecule has 1 heterocycles. The molecule has 0 aromatic heterocycles. The maximum absolute atomic E-state index is 12.0. The van der Waals surface area contributed by atoms with E-state index in [1.54, 1.807) is 6.92 Å². The molecule has 1 saturated heterocycles. The van der Waals surface area contributed by atoms with Crippen LogP contribution in [0.1, 0.15) is 72.6 Å². The number of hydrogen-bond acceptors (Lipinski definition) is 5. The maximum atomic E-state index is 12.0. The van der Waals surface area contributed by atoms with Gasteiger partial charge in [-0.05, 0) is 78.1 Å². The van der Waals surface area contributed by atoms with Crippen LogP contribution in [-0.2, 0) is 23.7 Å². The van der Waals surface area contributed by atoms with Gasteiger partial charge in [-0.1, -0.05) is 6.42 Å².